The van der Waals surface area contributed by atoms with Crippen LogP contribution >= 0.6 is 0 Å². The molecule has 0 saturated carbocycles. The Morgan fingerprint density at radius 2 is 1.90 bits per heavy atom. The van der Waals surface area contributed by atoms with Gasteiger partial charge in [0.05, 0.1) is 19.2 Å². The zero-order valence-electron chi connectivity index (χ0n) is 17.3. The number of nitrogens with one attached hydrogen (secondary N) is 1. The average molecular weight is 437 g/mol. The number of benzene rings is 1. The molecule has 1 aliphatic heterocycles. The second kappa shape index (κ2) is 13.2. The second-order valence-electron chi connectivity index (χ2n) is 7.41. The normalized spacial score (nSPS) is 25.6. The fourth-order valence-corrected chi connectivity index (χ4v) is 3.21. The number of aliphatic hydroxyl groups excluding tert-OH is 3. The molecule has 0 spiro atoms. The van der Waals surface area contributed by atoms with Gasteiger partial charge in [0.2, 0.25) is 0 Å². The summed E-state index contributed by atoms with van der Waals surface area (Å²) in [5.74, 6) is -0.152. The average Bonchev–Trinajstić information content (AvgIpc) is 2.79. The molecule has 0 aliphatic carbocycles. The van der Waals surface area contributed by atoms with E-state index in [4.69, 9.17) is 20.7 Å². The van der Waals surface area contributed by atoms with Gasteiger partial charge >= 0.3 is 0 Å². The van der Waals surface area contributed by atoms with Gasteiger partial charge in [-0.25, -0.2) is 0 Å². The van der Waals surface area contributed by atoms with Gasteiger partial charge in [-0.2, -0.15) is 0 Å². The monoisotopic (exact) mass is 437 g/mol. The van der Waals surface area contributed by atoms with Crippen LogP contribution in [-0.4, -0.2) is 71.6 Å². The molecule has 1 aromatic rings. The maximum Gasteiger partial charge on any atom is 0.251 e. The number of ether oxygens (including phenoxy) is 2. The lowest BCUT2D eigenvalue weighted by Crippen LogP contribution is -2.62. The van der Waals surface area contributed by atoms with Gasteiger partial charge in [0, 0.05) is 23.6 Å². The molecule has 1 aromatic carbocycles. The van der Waals surface area contributed by atoms with Crippen molar-refractivity contribution in [3.8, 4) is 0 Å². The van der Waals surface area contributed by atoms with E-state index in [0.29, 0.717) is 18.7 Å². The van der Waals surface area contributed by atoms with E-state index >= 15 is 0 Å². The van der Waals surface area contributed by atoms with Gasteiger partial charge in [-0.1, -0.05) is 30.1 Å². The quantitative estimate of drug-likeness (QED) is 0.137. The van der Waals surface area contributed by atoms with Crippen LogP contribution in [0.25, 0.3) is 10.4 Å². The first-order chi connectivity index (χ1) is 15.0. The second-order valence-corrected chi connectivity index (χ2v) is 7.41. The van der Waals surface area contributed by atoms with Crippen molar-refractivity contribution in [2.24, 2.45) is 10.8 Å². The molecule has 11 heteroatoms. The van der Waals surface area contributed by atoms with Crippen LogP contribution in [0.3, 0.4) is 0 Å². The van der Waals surface area contributed by atoms with E-state index in [-0.39, 0.29) is 12.5 Å². The molecule has 1 saturated heterocycles. The van der Waals surface area contributed by atoms with Crippen LogP contribution in [0.4, 0.5) is 0 Å². The molecule has 11 nitrogen and oxygen atoms in total. The molecule has 0 aromatic heterocycles. The van der Waals surface area contributed by atoms with Crippen molar-refractivity contribution in [3.05, 3.63) is 45.8 Å². The lowest BCUT2D eigenvalue weighted by atomic mass is 9.98. The van der Waals surface area contributed by atoms with E-state index in [2.05, 4.69) is 15.3 Å². The van der Waals surface area contributed by atoms with Crippen LogP contribution < -0.4 is 11.1 Å². The number of amides is 1. The van der Waals surface area contributed by atoms with Crippen molar-refractivity contribution in [1.29, 1.82) is 0 Å². The lowest BCUT2D eigenvalue weighted by Gasteiger charge is -2.40. The molecule has 2 unspecified atom stereocenters. The van der Waals surface area contributed by atoms with E-state index in [1.807, 2.05) is 0 Å². The summed E-state index contributed by atoms with van der Waals surface area (Å²) in [4.78, 5) is 14.8. The molecule has 2 rings (SSSR count). The molecule has 1 fully saturated rings. The third-order valence-electron chi connectivity index (χ3n) is 5.10. The van der Waals surface area contributed by atoms with Crippen LogP contribution in [0.2, 0.25) is 0 Å². The number of hydrogen-bond acceptors (Lipinski definition) is 8. The summed E-state index contributed by atoms with van der Waals surface area (Å²) < 4.78 is 11.0. The van der Waals surface area contributed by atoms with E-state index in [1.54, 1.807) is 24.3 Å². The Balaban J connectivity index is 1.56. The number of hydrogen-bond donors (Lipinski definition) is 5. The van der Waals surface area contributed by atoms with E-state index in [9.17, 15) is 20.1 Å². The first kappa shape index (κ1) is 25.0. The molecular weight excluding hydrogens is 406 g/mol. The van der Waals surface area contributed by atoms with Crippen molar-refractivity contribution in [1.82, 2.24) is 5.32 Å². The number of aliphatic hydroxyl groups is 3. The number of azide groups is 1. The van der Waals surface area contributed by atoms with Gasteiger partial charge in [0.25, 0.3) is 5.91 Å². The van der Waals surface area contributed by atoms with Gasteiger partial charge in [-0.05, 0) is 36.1 Å². The minimum absolute atomic E-state index is 0.152. The first-order valence-electron chi connectivity index (χ1n) is 10.4. The third kappa shape index (κ3) is 7.75. The van der Waals surface area contributed by atoms with Crippen LogP contribution in [0.5, 0.6) is 0 Å². The maximum absolute atomic E-state index is 12.1. The Labute approximate surface area is 180 Å². The summed E-state index contributed by atoms with van der Waals surface area (Å²) in [7, 11) is 0. The van der Waals surface area contributed by atoms with Crippen LogP contribution in [0.15, 0.2) is 29.4 Å². The molecule has 31 heavy (non-hydrogen) atoms. The number of carbonyl (C=O) groups is 1. The summed E-state index contributed by atoms with van der Waals surface area (Å²) in [5.41, 5.74) is 15.5. The summed E-state index contributed by atoms with van der Waals surface area (Å²) in [6, 6.07) is 6.03. The smallest absolute Gasteiger partial charge is 0.251 e. The highest BCUT2D eigenvalue weighted by molar-refractivity contribution is 5.94. The Bertz CT molecular complexity index is 725. The van der Waals surface area contributed by atoms with Gasteiger partial charge in [-0.15, -0.1) is 0 Å². The largest absolute Gasteiger partial charge is 0.394 e. The van der Waals surface area contributed by atoms with Crippen molar-refractivity contribution < 1.29 is 29.6 Å². The standard InChI is InChI=1S/C20H31N5O6/c21-16-18(28)17(27)15(12-26)31-20(16)30-10-4-2-1-3-9-23-19(29)14-7-5-13(6-8-14)11-24-25-22/h5-8,15-18,20,26-28H,1-4,9-12,21H2,(H,23,29)/t15?,16?,17-,18-,20-/m1/s1. The van der Waals surface area contributed by atoms with E-state index in [0.717, 1.165) is 31.2 Å². The summed E-state index contributed by atoms with van der Waals surface area (Å²) in [6.45, 7) is 0.745. The van der Waals surface area contributed by atoms with Crippen LogP contribution in [0.1, 0.15) is 41.6 Å². The van der Waals surface area contributed by atoms with Crippen molar-refractivity contribution >= 4 is 5.91 Å². The predicted octanol–water partition coefficient (Wildman–Crippen LogP) is 0.570. The number of unbranched alkanes of at least 4 members (excludes halogenated alkanes) is 3. The molecule has 0 bridgehead atoms. The van der Waals surface area contributed by atoms with Gasteiger partial charge in [-0.3, -0.25) is 4.79 Å². The molecule has 5 atom stereocenters. The highest BCUT2D eigenvalue weighted by atomic mass is 16.7. The van der Waals surface area contributed by atoms with E-state index in [1.165, 1.54) is 0 Å². The van der Waals surface area contributed by atoms with Gasteiger partial charge < -0.3 is 35.8 Å². The molecule has 0 radical (unpaired) electrons. The molecule has 172 valence electrons. The first-order valence-corrected chi connectivity index (χ1v) is 10.4. The molecule has 1 aliphatic rings. The molecule has 1 heterocycles. The Morgan fingerprint density at radius 1 is 1.19 bits per heavy atom. The minimum Gasteiger partial charge on any atom is -0.394 e. The molecule has 6 N–H and O–H groups in total. The predicted molar refractivity (Wildman–Crippen MR) is 112 cm³/mol. The fourth-order valence-electron chi connectivity index (χ4n) is 3.21. The number of nitrogens with two attached hydrogens (primary N) is 1. The Kier molecular flexibility index (Phi) is 10.7. The van der Waals surface area contributed by atoms with E-state index < -0.39 is 37.3 Å². The fraction of sp³-hybridized carbons (Fsp3) is 0.650. The number of rotatable bonds is 12. The molecular formula is C20H31N5O6. The minimum atomic E-state index is -1.24. The van der Waals surface area contributed by atoms with Crippen molar-refractivity contribution in [2.45, 2.75) is 62.9 Å². The summed E-state index contributed by atoms with van der Waals surface area (Å²) in [5, 5.41) is 35.2. The van der Waals surface area contributed by atoms with Gasteiger partial charge in [0.1, 0.15) is 18.3 Å². The SMILES string of the molecule is [N-]=[N+]=NCc1ccc(C(=O)NCCCCCCO[C@@H]2OC(CO)[C@@H](O)[C@H](O)C2N)cc1. The highest BCUT2D eigenvalue weighted by Crippen LogP contribution is 2.21. The van der Waals surface area contributed by atoms with Crippen LogP contribution in [-0.2, 0) is 16.0 Å². The van der Waals surface area contributed by atoms with Crippen molar-refractivity contribution in [3.63, 3.8) is 0 Å². The highest BCUT2D eigenvalue weighted by Gasteiger charge is 2.42. The Morgan fingerprint density at radius 3 is 2.58 bits per heavy atom. The lowest BCUT2D eigenvalue weighted by molar-refractivity contribution is -0.265. The topological polar surface area (TPSA) is 183 Å². The zero-order valence-corrected chi connectivity index (χ0v) is 17.3. The third-order valence-corrected chi connectivity index (χ3v) is 5.10. The number of carbonyl (C=O) groups excluding carboxylic acids is 1. The Hall–Kier alpha value is -2.24. The van der Waals surface area contributed by atoms with Crippen LogP contribution in [0, 0.1) is 0 Å². The summed E-state index contributed by atoms with van der Waals surface area (Å²) >= 11 is 0. The zero-order chi connectivity index (χ0) is 22.6. The summed E-state index contributed by atoms with van der Waals surface area (Å²) in [6.07, 6.45) is -0.938. The number of nitrogens with zero attached hydrogens (tertiary/aromatic N) is 3. The maximum atomic E-state index is 12.1. The van der Waals surface area contributed by atoms with Crippen molar-refractivity contribution in [2.75, 3.05) is 19.8 Å². The molecule has 1 amide bonds. The van der Waals surface area contributed by atoms with Gasteiger partial charge in [0.15, 0.2) is 6.29 Å².